The Labute approximate surface area is 226 Å². The van der Waals surface area contributed by atoms with E-state index < -0.39 is 15.8 Å². The Balaban J connectivity index is 1.17. The second kappa shape index (κ2) is 10.1. The van der Waals surface area contributed by atoms with E-state index >= 15 is 0 Å². The number of hydrogen-bond acceptors (Lipinski definition) is 8. The summed E-state index contributed by atoms with van der Waals surface area (Å²) >= 11 is 6.62. The minimum atomic E-state index is -2.14. The Morgan fingerprint density at radius 1 is 1.05 bits per heavy atom. The van der Waals surface area contributed by atoms with Gasteiger partial charge in [-0.15, -0.1) is 0 Å². The maximum absolute atomic E-state index is 11.9. The third-order valence-corrected chi connectivity index (χ3v) is 7.88. The number of aliphatic imine (C=N–C) groups is 1. The molecule has 0 saturated carbocycles. The summed E-state index contributed by atoms with van der Waals surface area (Å²) in [4.78, 5) is 9.41. The molecule has 0 bridgehead atoms. The van der Waals surface area contributed by atoms with Gasteiger partial charge in [-0.2, -0.15) is 0 Å². The van der Waals surface area contributed by atoms with E-state index in [9.17, 15) is 9.32 Å². The predicted octanol–water partition coefficient (Wildman–Crippen LogP) is 4.43. The lowest BCUT2D eigenvalue weighted by molar-refractivity contribution is 0.00558. The third kappa shape index (κ3) is 5.21. The monoisotopic (exact) mass is 553 g/mol. The third-order valence-electron chi connectivity index (χ3n) is 6.84. The van der Waals surface area contributed by atoms with Crippen LogP contribution in [-0.2, 0) is 36.9 Å². The van der Waals surface area contributed by atoms with Crippen LogP contribution in [0.25, 0.3) is 22.4 Å². The van der Waals surface area contributed by atoms with Crippen molar-refractivity contribution in [1.29, 1.82) is 0 Å². The zero-order valence-corrected chi connectivity index (χ0v) is 22.6. The quantitative estimate of drug-likeness (QED) is 0.501. The van der Waals surface area contributed by atoms with Gasteiger partial charge in [0.2, 0.25) is 0 Å². The van der Waals surface area contributed by atoms with Crippen LogP contribution in [0.15, 0.2) is 64.0 Å². The fourth-order valence-corrected chi connectivity index (χ4v) is 5.67. The van der Waals surface area contributed by atoms with Crippen LogP contribution in [0.1, 0.15) is 11.3 Å². The molecule has 4 atom stereocenters. The van der Waals surface area contributed by atoms with E-state index in [2.05, 4.69) is 15.4 Å². The molecule has 8 nitrogen and oxygen atoms in total. The number of aromatic nitrogens is 1. The van der Waals surface area contributed by atoms with E-state index in [-0.39, 0.29) is 24.9 Å². The normalized spacial score (nSPS) is 24.2. The summed E-state index contributed by atoms with van der Waals surface area (Å²) < 4.78 is 33.6. The van der Waals surface area contributed by atoms with Crippen molar-refractivity contribution < 1.29 is 23.5 Å². The van der Waals surface area contributed by atoms with Crippen molar-refractivity contribution in [3.8, 4) is 22.4 Å². The molecule has 0 aliphatic carbocycles. The number of rotatable bonds is 5. The van der Waals surface area contributed by atoms with Gasteiger partial charge in [0.05, 0.1) is 48.3 Å². The van der Waals surface area contributed by atoms with Crippen molar-refractivity contribution in [3.05, 3.63) is 70.9 Å². The smallest absolute Gasteiger partial charge is 0.195 e. The van der Waals surface area contributed by atoms with Crippen molar-refractivity contribution in [2.45, 2.75) is 37.4 Å². The lowest BCUT2D eigenvalue weighted by Gasteiger charge is -2.17. The van der Waals surface area contributed by atoms with Gasteiger partial charge in [0.1, 0.15) is 18.3 Å². The van der Waals surface area contributed by atoms with Crippen molar-refractivity contribution in [1.82, 2.24) is 4.98 Å². The van der Waals surface area contributed by atoms with Crippen molar-refractivity contribution in [2.75, 3.05) is 25.7 Å². The van der Waals surface area contributed by atoms with E-state index in [0.29, 0.717) is 41.9 Å². The summed E-state index contributed by atoms with van der Waals surface area (Å²) in [6, 6.07) is 18.0. The molecule has 2 fully saturated rings. The molecule has 1 unspecified atom stereocenters. The molecule has 6 rings (SSSR count). The first-order valence-corrected chi connectivity index (χ1v) is 15.1. The number of fused-ring (bicyclic) bond motifs is 2. The number of pyridine rings is 1. The van der Waals surface area contributed by atoms with Gasteiger partial charge in [0.15, 0.2) is 12.0 Å². The molecule has 10 heteroatoms. The summed E-state index contributed by atoms with van der Waals surface area (Å²) in [5, 5.41) is 10.5. The Hall–Kier alpha value is -2.82. The first kappa shape index (κ1) is 25.5. The standard InChI is InChI=1S/C28H28ClN3O5S/c1-38(2,34)30-13-16-4-3-5-19(10-16)17-6-8-18(9-7-17)26-20(29)11-21-22(32-26)12-25(31-21)37-24-15-36-27-23(33)14-35-28(24)27/h3-11,23-24,27-28,33H,12-15H2,1-2H3/t23-,24-,27?,28-/m1/s1. The van der Waals surface area contributed by atoms with Gasteiger partial charge in [-0.05, 0) is 28.8 Å². The van der Waals surface area contributed by atoms with Crippen LogP contribution in [0, 0.1) is 0 Å². The summed E-state index contributed by atoms with van der Waals surface area (Å²) in [5.41, 5.74) is 6.21. The van der Waals surface area contributed by atoms with Gasteiger partial charge in [0.25, 0.3) is 0 Å². The second-order valence-electron chi connectivity index (χ2n) is 10.0. The van der Waals surface area contributed by atoms with E-state index in [0.717, 1.165) is 27.9 Å². The molecule has 3 aliphatic heterocycles. The molecule has 0 spiro atoms. The molecule has 3 aliphatic rings. The van der Waals surface area contributed by atoms with Crippen LogP contribution in [0.4, 0.5) is 5.69 Å². The summed E-state index contributed by atoms with van der Waals surface area (Å²) in [6.07, 6.45) is 2.16. The molecular formula is C28H28ClN3O5S. The lowest BCUT2D eigenvalue weighted by Crippen LogP contribution is -2.34. The molecule has 38 heavy (non-hydrogen) atoms. The molecule has 0 radical (unpaired) electrons. The number of aliphatic hydroxyl groups excluding tert-OH is 1. The van der Waals surface area contributed by atoms with Gasteiger partial charge in [-0.25, -0.2) is 14.3 Å². The summed E-state index contributed by atoms with van der Waals surface area (Å²) in [7, 11) is -2.14. The van der Waals surface area contributed by atoms with Crippen molar-refractivity contribution in [3.63, 3.8) is 0 Å². The summed E-state index contributed by atoms with van der Waals surface area (Å²) in [6.45, 7) is 1.02. The number of halogens is 1. The van der Waals surface area contributed by atoms with E-state index in [1.54, 1.807) is 12.5 Å². The fourth-order valence-electron chi connectivity index (χ4n) is 4.95. The highest BCUT2D eigenvalue weighted by Gasteiger charge is 2.49. The molecule has 1 N–H and O–H groups in total. The number of aliphatic hydroxyl groups is 1. The molecule has 0 amide bonds. The van der Waals surface area contributed by atoms with E-state index in [4.69, 9.17) is 30.8 Å². The molecule has 198 valence electrons. The van der Waals surface area contributed by atoms with Crippen LogP contribution in [-0.4, -0.2) is 70.3 Å². The Kier molecular flexibility index (Phi) is 6.74. The maximum atomic E-state index is 11.9. The number of benzene rings is 2. The van der Waals surface area contributed by atoms with Crippen molar-refractivity contribution >= 4 is 32.9 Å². The number of nitrogens with zero attached hydrogens (tertiary/aromatic N) is 3. The highest BCUT2D eigenvalue weighted by molar-refractivity contribution is 7.92. The highest BCUT2D eigenvalue weighted by atomic mass is 35.5. The molecule has 2 saturated heterocycles. The van der Waals surface area contributed by atoms with Gasteiger partial charge >= 0.3 is 0 Å². The topological polar surface area (TPSA) is 103 Å². The van der Waals surface area contributed by atoms with Crippen LogP contribution in [0.2, 0.25) is 5.02 Å². The average Bonchev–Trinajstić information content (AvgIpc) is 3.59. The van der Waals surface area contributed by atoms with E-state index in [1.165, 1.54) is 0 Å². The first-order valence-electron chi connectivity index (χ1n) is 12.4. The summed E-state index contributed by atoms with van der Waals surface area (Å²) in [5.74, 6) is 0.545. The molecule has 1 aromatic heterocycles. The Morgan fingerprint density at radius 3 is 2.61 bits per heavy atom. The van der Waals surface area contributed by atoms with Crippen molar-refractivity contribution in [2.24, 2.45) is 9.36 Å². The number of hydrogen-bond donors (Lipinski definition) is 1. The zero-order chi connectivity index (χ0) is 26.4. The predicted molar refractivity (Wildman–Crippen MR) is 147 cm³/mol. The Morgan fingerprint density at radius 2 is 1.82 bits per heavy atom. The van der Waals surface area contributed by atoms with Gasteiger partial charge in [0, 0.05) is 27.8 Å². The molecule has 2 aromatic carbocycles. The minimum Gasteiger partial charge on any atom is -0.472 e. The van der Waals surface area contributed by atoms with Gasteiger partial charge in [-0.3, -0.25) is 4.21 Å². The maximum Gasteiger partial charge on any atom is 0.195 e. The Bertz CT molecular complexity index is 1530. The zero-order valence-electron chi connectivity index (χ0n) is 21.0. The largest absolute Gasteiger partial charge is 0.472 e. The van der Waals surface area contributed by atoms with Gasteiger partial charge < -0.3 is 19.3 Å². The van der Waals surface area contributed by atoms with Crippen LogP contribution < -0.4 is 0 Å². The van der Waals surface area contributed by atoms with Crippen LogP contribution >= 0.6 is 11.6 Å². The first-order chi connectivity index (χ1) is 18.2. The van der Waals surface area contributed by atoms with Crippen LogP contribution in [0.5, 0.6) is 0 Å². The number of ether oxygens (including phenoxy) is 3. The van der Waals surface area contributed by atoms with Gasteiger partial charge in [-0.1, -0.05) is 54.1 Å². The minimum absolute atomic E-state index is 0.253. The SMILES string of the molecule is CS(C)(=O)=NCc1cccc(-c2ccc(-c3nc4c(cc3Cl)N=C(O[C@@H]3COC5[C@H](O)CO[C@@H]53)C4)cc2)c1. The highest BCUT2D eigenvalue weighted by Crippen LogP contribution is 2.37. The fraction of sp³-hybridized carbons (Fsp3) is 0.357. The molecule has 4 heterocycles. The lowest BCUT2D eigenvalue weighted by atomic mass is 10.0. The molecular weight excluding hydrogens is 526 g/mol. The van der Waals surface area contributed by atoms with E-state index in [1.807, 2.05) is 48.5 Å². The average molecular weight is 554 g/mol. The van der Waals surface area contributed by atoms with Crippen LogP contribution in [0.3, 0.4) is 0 Å². The molecule has 3 aromatic rings. The second-order valence-corrected chi connectivity index (χ2v) is 13.1.